The Bertz CT molecular complexity index is 674. The van der Waals surface area contributed by atoms with Gasteiger partial charge in [0.2, 0.25) is 5.91 Å². The van der Waals surface area contributed by atoms with E-state index in [1.807, 2.05) is 67.4 Å². The molecule has 0 aromatic heterocycles. The molecule has 1 amide bonds. The number of nitrogens with one attached hydrogen (secondary N) is 1. The summed E-state index contributed by atoms with van der Waals surface area (Å²) in [5, 5.41) is 3.01. The molecule has 0 aliphatic rings. The quantitative estimate of drug-likeness (QED) is 0.849. The van der Waals surface area contributed by atoms with Crippen LogP contribution in [0.15, 0.2) is 48.5 Å². The number of hydrogen-bond acceptors (Lipinski definition) is 4. The summed E-state index contributed by atoms with van der Waals surface area (Å²) in [6.45, 7) is 2.21. The molecule has 0 radical (unpaired) electrons. The number of likely N-dealkylation sites (N-methyl/N-ethyl adjacent to an activating group) is 1. The number of rotatable bonds is 7. The molecule has 128 valence electrons. The maximum atomic E-state index is 12.3. The molecule has 24 heavy (non-hydrogen) atoms. The Labute approximate surface area is 143 Å². The van der Waals surface area contributed by atoms with Crippen LogP contribution in [0.3, 0.4) is 0 Å². The molecule has 1 atom stereocenters. The van der Waals surface area contributed by atoms with Crippen LogP contribution >= 0.6 is 0 Å². The molecule has 2 aromatic carbocycles. The van der Waals surface area contributed by atoms with Crippen molar-refractivity contribution in [2.75, 3.05) is 32.7 Å². The second-order valence-electron chi connectivity index (χ2n) is 5.59. The van der Waals surface area contributed by atoms with Gasteiger partial charge < -0.3 is 19.7 Å². The monoisotopic (exact) mass is 328 g/mol. The molecule has 1 N–H and O–H groups in total. The molecule has 0 heterocycles. The number of benzene rings is 2. The molecular weight excluding hydrogens is 304 g/mol. The highest BCUT2D eigenvalue weighted by Gasteiger charge is 2.16. The molecule has 5 nitrogen and oxygen atoms in total. The number of carbonyl (C=O) groups excluding carboxylic acids is 1. The number of nitrogens with zero attached hydrogens (tertiary/aromatic N) is 1. The lowest BCUT2D eigenvalue weighted by atomic mass is 10.1. The van der Waals surface area contributed by atoms with Crippen LogP contribution in [0.5, 0.6) is 11.5 Å². The van der Waals surface area contributed by atoms with Crippen LogP contribution in [-0.4, -0.2) is 33.7 Å². The fraction of sp³-hybridized carbons (Fsp3) is 0.316. The van der Waals surface area contributed by atoms with Gasteiger partial charge in [-0.3, -0.25) is 4.79 Å². The average Bonchev–Trinajstić information content (AvgIpc) is 2.61. The van der Waals surface area contributed by atoms with Crippen LogP contribution in [-0.2, 0) is 4.79 Å². The van der Waals surface area contributed by atoms with Gasteiger partial charge in [-0.2, -0.15) is 0 Å². The van der Waals surface area contributed by atoms with E-state index >= 15 is 0 Å². The van der Waals surface area contributed by atoms with E-state index in [2.05, 4.69) is 5.32 Å². The summed E-state index contributed by atoms with van der Waals surface area (Å²) in [6, 6.07) is 15.2. The van der Waals surface area contributed by atoms with Gasteiger partial charge in [-0.15, -0.1) is 0 Å². The number of hydrogen-bond donors (Lipinski definition) is 1. The third kappa shape index (κ3) is 4.41. The summed E-state index contributed by atoms with van der Waals surface area (Å²) in [5.41, 5.74) is 1.88. The van der Waals surface area contributed by atoms with Crippen molar-refractivity contribution in [2.24, 2.45) is 0 Å². The van der Waals surface area contributed by atoms with E-state index in [0.29, 0.717) is 0 Å². The molecule has 5 heteroatoms. The number of amides is 1. The molecular formula is C19H24N2O3. The van der Waals surface area contributed by atoms with Gasteiger partial charge in [-0.25, -0.2) is 0 Å². The van der Waals surface area contributed by atoms with Gasteiger partial charge >= 0.3 is 0 Å². The van der Waals surface area contributed by atoms with Crippen molar-refractivity contribution in [3.63, 3.8) is 0 Å². The molecule has 2 aromatic rings. The van der Waals surface area contributed by atoms with Crippen molar-refractivity contribution < 1.29 is 14.3 Å². The first-order valence-electron chi connectivity index (χ1n) is 7.82. The standard InChI is InChI=1S/C19H24N2O3/c1-14(17-12-16(23-3)10-11-18(17)24-4)20-19(22)13-21(2)15-8-6-5-7-9-15/h5-12,14H,13H2,1-4H3,(H,20,22)/t14-/m1/s1. The van der Waals surface area contributed by atoms with Crippen molar-refractivity contribution in [1.29, 1.82) is 0 Å². The number of carbonyl (C=O) groups is 1. The van der Waals surface area contributed by atoms with E-state index in [0.717, 1.165) is 22.7 Å². The number of anilines is 1. The normalized spacial score (nSPS) is 11.5. The first kappa shape index (κ1) is 17.7. The van der Waals surface area contributed by atoms with E-state index in [1.165, 1.54) is 0 Å². The van der Waals surface area contributed by atoms with Crippen LogP contribution in [0.4, 0.5) is 5.69 Å². The maximum Gasteiger partial charge on any atom is 0.239 e. The second-order valence-corrected chi connectivity index (χ2v) is 5.59. The van der Waals surface area contributed by atoms with Crippen molar-refractivity contribution in [3.8, 4) is 11.5 Å². The molecule has 0 spiro atoms. The molecule has 0 aliphatic heterocycles. The highest BCUT2D eigenvalue weighted by Crippen LogP contribution is 2.29. The van der Waals surface area contributed by atoms with Crippen LogP contribution in [0, 0.1) is 0 Å². The lowest BCUT2D eigenvalue weighted by molar-refractivity contribution is -0.120. The summed E-state index contributed by atoms with van der Waals surface area (Å²) in [6.07, 6.45) is 0. The largest absolute Gasteiger partial charge is 0.497 e. The predicted molar refractivity (Wildman–Crippen MR) is 95.8 cm³/mol. The van der Waals surface area contributed by atoms with E-state index in [9.17, 15) is 4.79 Å². The van der Waals surface area contributed by atoms with Gasteiger partial charge in [0.15, 0.2) is 0 Å². The topological polar surface area (TPSA) is 50.8 Å². The zero-order valence-electron chi connectivity index (χ0n) is 14.6. The SMILES string of the molecule is COc1ccc(OC)c([C@@H](C)NC(=O)CN(C)c2ccccc2)c1. The lowest BCUT2D eigenvalue weighted by Crippen LogP contribution is -2.36. The summed E-state index contributed by atoms with van der Waals surface area (Å²) in [4.78, 5) is 14.2. The van der Waals surface area contributed by atoms with Gasteiger partial charge in [0.05, 0.1) is 26.8 Å². The van der Waals surface area contributed by atoms with Crippen LogP contribution in [0.1, 0.15) is 18.5 Å². The number of ether oxygens (including phenoxy) is 2. The summed E-state index contributed by atoms with van der Waals surface area (Å²) < 4.78 is 10.6. The Morgan fingerprint density at radius 3 is 2.46 bits per heavy atom. The first-order chi connectivity index (χ1) is 11.5. The average molecular weight is 328 g/mol. The molecule has 0 fully saturated rings. The van der Waals surface area contributed by atoms with Crippen molar-refractivity contribution in [3.05, 3.63) is 54.1 Å². The molecule has 0 aliphatic carbocycles. The molecule has 0 unspecified atom stereocenters. The highest BCUT2D eigenvalue weighted by molar-refractivity contribution is 5.81. The summed E-state index contributed by atoms with van der Waals surface area (Å²) >= 11 is 0. The maximum absolute atomic E-state index is 12.3. The Hall–Kier alpha value is -2.69. The fourth-order valence-corrected chi connectivity index (χ4v) is 2.53. The smallest absolute Gasteiger partial charge is 0.239 e. The first-order valence-corrected chi connectivity index (χ1v) is 7.82. The van der Waals surface area contributed by atoms with Gasteiger partial charge in [-0.05, 0) is 37.3 Å². The number of para-hydroxylation sites is 1. The van der Waals surface area contributed by atoms with E-state index < -0.39 is 0 Å². The molecule has 2 rings (SSSR count). The van der Waals surface area contributed by atoms with Crippen LogP contribution < -0.4 is 19.7 Å². The Morgan fingerprint density at radius 2 is 1.83 bits per heavy atom. The summed E-state index contributed by atoms with van der Waals surface area (Å²) in [5.74, 6) is 1.40. The minimum absolute atomic E-state index is 0.0567. The minimum atomic E-state index is -0.188. The lowest BCUT2D eigenvalue weighted by Gasteiger charge is -2.22. The molecule has 0 saturated heterocycles. The minimum Gasteiger partial charge on any atom is -0.497 e. The fourth-order valence-electron chi connectivity index (χ4n) is 2.53. The van der Waals surface area contributed by atoms with Gasteiger partial charge in [-0.1, -0.05) is 18.2 Å². The Balaban J connectivity index is 2.03. The molecule has 0 bridgehead atoms. The van der Waals surface area contributed by atoms with E-state index in [4.69, 9.17) is 9.47 Å². The van der Waals surface area contributed by atoms with Crippen molar-refractivity contribution >= 4 is 11.6 Å². The Kier molecular flexibility index (Phi) is 6.07. The predicted octanol–water partition coefficient (Wildman–Crippen LogP) is 3.02. The zero-order chi connectivity index (χ0) is 17.5. The van der Waals surface area contributed by atoms with Crippen molar-refractivity contribution in [2.45, 2.75) is 13.0 Å². The number of methoxy groups -OCH3 is 2. The Morgan fingerprint density at radius 1 is 1.12 bits per heavy atom. The van der Waals surface area contributed by atoms with Gasteiger partial charge in [0.1, 0.15) is 11.5 Å². The van der Waals surface area contributed by atoms with Gasteiger partial charge in [0.25, 0.3) is 0 Å². The summed E-state index contributed by atoms with van der Waals surface area (Å²) in [7, 11) is 5.12. The second kappa shape index (κ2) is 8.24. The molecule has 0 saturated carbocycles. The third-order valence-electron chi connectivity index (χ3n) is 3.86. The van der Waals surface area contributed by atoms with E-state index in [1.54, 1.807) is 14.2 Å². The van der Waals surface area contributed by atoms with Crippen LogP contribution in [0.25, 0.3) is 0 Å². The highest BCUT2D eigenvalue weighted by atomic mass is 16.5. The van der Waals surface area contributed by atoms with Crippen LogP contribution in [0.2, 0.25) is 0 Å². The zero-order valence-corrected chi connectivity index (χ0v) is 14.6. The third-order valence-corrected chi connectivity index (χ3v) is 3.86. The van der Waals surface area contributed by atoms with Crippen molar-refractivity contribution in [1.82, 2.24) is 5.32 Å². The van der Waals surface area contributed by atoms with E-state index in [-0.39, 0.29) is 18.5 Å². The van der Waals surface area contributed by atoms with Gasteiger partial charge in [0, 0.05) is 18.3 Å².